The van der Waals surface area contributed by atoms with Crippen LogP contribution in [0.15, 0.2) is 42.5 Å². The number of nitrogens with one attached hydrogen (secondary N) is 2. The van der Waals surface area contributed by atoms with Crippen LogP contribution in [0.3, 0.4) is 0 Å². The van der Waals surface area contributed by atoms with Gasteiger partial charge in [-0.1, -0.05) is 30.3 Å². The highest BCUT2D eigenvalue weighted by Gasteiger charge is 2.24. The van der Waals surface area contributed by atoms with Crippen molar-refractivity contribution in [3.05, 3.63) is 48.0 Å². The van der Waals surface area contributed by atoms with Gasteiger partial charge in [0.2, 0.25) is 5.91 Å². The Morgan fingerprint density at radius 2 is 1.79 bits per heavy atom. The van der Waals surface area contributed by atoms with Gasteiger partial charge in [-0.2, -0.15) is 0 Å². The molecule has 3 amide bonds. The van der Waals surface area contributed by atoms with E-state index in [9.17, 15) is 14.4 Å². The molecule has 0 bridgehead atoms. The van der Waals surface area contributed by atoms with Gasteiger partial charge in [-0.15, -0.1) is 0 Å². The summed E-state index contributed by atoms with van der Waals surface area (Å²) in [6.07, 6.45) is 1.33. The number of hydrogen-bond acceptors (Lipinski definition) is 4. The molecule has 29 heavy (non-hydrogen) atoms. The van der Waals surface area contributed by atoms with Gasteiger partial charge in [-0.05, 0) is 42.7 Å². The predicted molar refractivity (Wildman–Crippen MR) is 111 cm³/mol. The first-order valence-electron chi connectivity index (χ1n) is 10.0. The maximum Gasteiger partial charge on any atom is 0.409 e. The Hall–Kier alpha value is -3.09. The Bertz CT molecular complexity index is 875. The molecule has 2 aromatic carbocycles. The lowest BCUT2D eigenvalue weighted by molar-refractivity contribution is -0.121. The molecule has 2 N–H and O–H groups in total. The molecule has 2 aromatic rings. The number of likely N-dealkylation sites (tertiary alicyclic amines) is 1. The zero-order valence-corrected chi connectivity index (χ0v) is 16.6. The molecule has 0 radical (unpaired) electrons. The fourth-order valence-corrected chi connectivity index (χ4v) is 3.44. The Morgan fingerprint density at radius 3 is 2.52 bits per heavy atom. The molecule has 0 atom stereocenters. The first-order chi connectivity index (χ1) is 14.1. The minimum Gasteiger partial charge on any atom is -0.450 e. The van der Waals surface area contributed by atoms with Gasteiger partial charge in [0.05, 0.1) is 6.61 Å². The minimum atomic E-state index is -0.298. The van der Waals surface area contributed by atoms with Gasteiger partial charge in [-0.3, -0.25) is 9.59 Å². The quantitative estimate of drug-likeness (QED) is 0.785. The molecule has 1 saturated heterocycles. The Balaban J connectivity index is 1.38. The molecule has 0 aliphatic carbocycles. The molecule has 0 saturated carbocycles. The van der Waals surface area contributed by atoms with E-state index in [0.29, 0.717) is 38.1 Å². The molecule has 3 rings (SSSR count). The fraction of sp³-hybridized carbons (Fsp3) is 0.409. The SMILES string of the molecule is CCOC(=O)N1CCC(NC(=O)CCNC(=O)c2ccc3ccccc3c2)CC1. The summed E-state index contributed by atoms with van der Waals surface area (Å²) in [5, 5.41) is 7.87. The van der Waals surface area contributed by atoms with Crippen molar-refractivity contribution in [2.24, 2.45) is 0 Å². The Morgan fingerprint density at radius 1 is 1.07 bits per heavy atom. The standard InChI is InChI=1S/C22H27N3O4/c1-2-29-22(28)25-13-10-19(11-14-25)24-20(26)9-12-23-21(27)18-8-7-16-5-3-4-6-17(16)15-18/h3-8,15,19H,2,9-14H2,1H3,(H,23,27)(H,24,26). The summed E-state index contributed by atoms with van der Waals surface area (Å²) in [5.74, 6) is -0.287. The van der Waals surface area contributed by atoms with Crippen LogP contribution in [0.2, 0.25) is 0 Å². The third kappa shape index (κ3) is 5.70. The van der Waals surface area contributed by atoms with E-state index in [1.165, 1.54) is 0 Å². The molecule has 0 unspecified atom stereocenters. The van der Waals surface area contributed by atoms with Crippen LogP contribution in [0.25, 0.3) is 10.8 Å². The molecule has 7 heteroatoms. The second-order valence-corrected chi connectivity index (χ2v) is 7.10. The number of amides is 3. The molecule has 0 spiro atoms. The van der Waals surface area contributed by atoms with Crippen LogP contribution in [-0.4, -0.2) is 55.1 Å². The molecular weight excluding hydrogens is 370 g/mol. The van der Waals surface area contributed by atoms with Crippen LogP contribution >= 0.6 is 0 Å². The number of carbonyl (C=O) groups excluding carboxylic acids is 3. The monoisotopic (exact) mass is 397 g/mol. The van der Waals surface area contributed by atoms with Crippen molar-refractivity contribution in [2.45, 2.75) is 32.2 Å². The van der Waals surface area contributed by atoms with E-state index in [0.717, 1.165) is 10.8 Å². The highest BCUT2D eigenvalue weighted by atomic mass is 16.6. The van der Waals surface area contributed by atoms with Crippen molar-refractivity contribution < 1.29 is 19.1 Å². The first-order valence-corrected chi connectivity index (χ1v) is 10.0. The van der Waals surface area contributed by atoms with Crippen LogP contribution in [0, 0.1) is 0 Å². The summed E-state index contributed by atoms with van der Waals surface area (Å²) in [6, 6.07) is 13.5. The van der Waals surface area contributed by atoms with Gasteiger partial charge in [-0.25, -0.2) is 4.79 Å². The van der Waals surface area contributed by atoms with E-state index in [2.05, 4.69) is 10.6 Å². The summed E-state index contributed by atoms with van der Waals surface area (Å²) in [7, 11) is 0. The van der Waals surface area contributed by atoms with E-state index in [1.807, 2.05) is 36.4 Å². The zero-order chi connectivity index (χ0) is 20.6. The molecular formula is C22H27N3O4. The average Bonchev–Trinajstić information content (AvgIpc) is 2.74. The third-order valence-electron chi connectivity index (χ3n) is 5.04. The third-order valence-corrected chi connectivity index (χ3v) is 5.04. The van der Waals surface area contributed by atoms with Crippen LogP contribution < -0.4 is 10.6 Å². The summed E-state index contributed by atoms with van der Waals surface area (Å²) in [5.41, 5.74) is 0.579. The Labute approximate surface area is 170 Å². The van der Waals surface area contributed by atoms with Crippen molar-refractivity contribution in [1.29, 1.82) is 0 Å². The summed E-state index contributed by atoms with van der Waals surface area (Å²) in [6.45, 7) is 3.56. The molecule has 1 fully saturated rings. The molecule has 7 nitrogen and oxygen atoms in total. The lowest BCUT2D eigenvalue weighted by Crippen LogP contribution is -2.47. The van der Waals surface area contributed by atoms with Gasteiger partial charge in [0, 0.05) is 37.7 Å². The van der Waals surface area contributed by atoms with Crippen molar-refractivity contribution in [2.75, 3.05) is 26.2 Å². The molecule has 154 valence electrons. The molecule has 1 aliphatic rings. The van der Waals surface area contributed by atoms with Gasteiger partial charge >= 0.3 is 6.09 Å². The van der Waals surface area contributed by atoms with E-state index in [4.69, 9.17) is 4.74 Å². The van der Waals surface area contributed by atoms with Gasteiger partial charge < -0.3 is 20.3 Å². The lowest BCUT2D eigenvalue weighted by Gasteiger charge is -2.31. The molecule has 1 aliphatic heterocycles. The van der Waals surface area contributed by atoms with E-state index in [1.54, 1.807) is 17.9 Å². The summed E-state index contributed by atoms with van der Waals surface area (Å²) >= 11 is 0. The Kier molecular flexibility index (Phi) is 7.05. The number of benzene rings is 2. The molecule has 1 heterocycles. The number of ether oxygens (including phenoxy) is 1. The lowest BCUT2D eigenvalue weighted by atomic mass is 10.1. The van der Waals surface area contributed by atoms with Crippen molar-refractivity contribution in [1.82, 2.24) is 15.5 Å². The first kappa shape index (κ1) is 20.6. The number of nitrogens with zero attached hydrogens (tertiary/aromatic N) is 1. The van der Waals surface area contributed by atoms with Crippen LogP contribution in [0.1, 0.15) is 36.5 Å². The minimum absolute atomic E-state index is 0.0457. The van der Waals surface area contributed by atoms with Gasteiger partial charge in [0.15, 0.2) is 0 Å². The van der Waals surface area contributed by atoms with Crippen LogP contribution in [0.4, 0.5) is 4.79 Å². The van der Waals surface area contributed by atoms with Crippen molar-refractivity contribution in [3.63, 3.8) is 0 Å². The van der Waals surface area contributed by atoms with Gasteiger partial charge in [0.1, 0.15) is 0 Å². The average molecular weight is 397 g/mol. The fourth-order valence-electron chi connectivity index (χ4n) is 3.44. The largest absolute Gasteiger partial charge is 0.450 e. The smallest absolute Gasteiger partial charge is 0.409 e. The second-order valence-electron chi connectivity index (χ2n) is 7.10. The highest BCUT2D eigenvalue weighted by Crippen LogP contribution is 2.15. The summed E-state index contributed by atoms with van der Waals surface area (Å²) < 4.78 is 4.99. The van der Waals surface area contributed by atoms with E-state index in [-0.39, 0.29) is 36.9 Å². The number of piperidine rings is 1. The van der Waals surface area contributed by atoms with Crippen molar-refractivity contribution in [3.8, 4) is 0 Å². The topological polar surface area (TPSA) is 87.7 Å². The van der Waals surface area contributed by atoms with E-state index >= 15 is 0 Å². The van der Waals surface area contributed by atoms with Crippen LogP contribution in [-0.2, 0) is 9.53 Å². The highest BCUT2D eigenvalue weighted by molar-refractivity contribution is 5.98. The maximum atomic E-state index is 12.3. The normalized spacial score (nSPS) is 14.4. The van der Waals surface area contributed by atoms with Crippen LogP contribution in [0.5, 0.6) is 0 Å². The number of hydrogen-bond donors (Lipinski definition) is 2. The van der Waals surface area contributed by atoms with E-state index < -0.39 is 0 Å². The number of fused-ring (bicyclic) bond motifs is 1. The second kappa shape index (κ2) is 9.91. The number of carbonyl (C=O) groups is 3. The zero-order valence-electron chi connectivity index (χ0n) is 16.6. The summed E-state index contributed by atoms with van der Waals surface area (Å²) in [4.78, 5) is 37.8. The van der Waals surface area contributed by atoms with Crippen molar-refractivity contribution >= 4 is 28.7 Å². The maximum absolute atomic E-state index is 12.3. The molecule has 0 aromatic heterocycles. The predicted octanol–water partition coefficient (Wildman–Crippen LogP) is 2.70. The number of rotatable bonds is 6. The van der Waals surface area contributed by atoms with Gasteiger partial charge in [0.25, 0.3) is 5.91 Å².